The van der Waals surface area contributed by atoms with Crippen LogP contribution >= 0.6 is 0 Å². The van der Waals surface area contributed by atoms with Crippen molar-refractivity contribution in [1.29, 1.82) is 0 Å². The number of ketones is 2. The van der Waals surface area contributed by atoms with Gasteiger partial charge >= 0.3 is 5.97 Å². The van der Waals surface area contributed by atoms with Gasteiger partial charge in [-0.25, -0.2) is 0 Å². The molecule has 0 heterocycles. The van der Waals surface area contributed by atoms with E-state index in [1.165, 1.54) is 7.11 Å². The van der Waals surface area contributed by atoms with Crippen LogP contribution in [0.25, 0.3) is 0 Å². The number of hydrogen-bond acceptors (Lipinski definition) is 4. The van der Waals surface area contributed by atoms with Crippen molar-refractivity contribution in [3.63, 3.8) is 0 Å². The molecule has 1 aliphatic rings. The molecule has 1 aromatic rings. The van der Waals surface area contributed by atoms with Crippen LogP contribution in [0.5, 0.6) is 0 Å². The van der Waals surface area contributed by atoms with Gasteiger partial charge in [0.2, 0.25) is 0 Å². The first-order valence-electron chi connectivity index (χ1n) is 11.0. The third-order valence-corrected chi connectivity index (χ3v) is 6.13. The minimum Gasteiger partial charge on any atom is -0.469 e. The number of benzene rings is 1. The second kappa shape index (κ2) is 11.6. The van der Waals surface area contributed by atoms with E-state index in [0.29, 0.717) is 28.7 Å². The molecule has 4 nitrogen and oxygen atoms in total. The van der Waals surface area contributed by atoms with E-state index in [1.54, 1.807) is 20.8 Å². The highest BCUT2D eigenvalue weighted by Crippen LogP contribution is 2.37. The van der Waals surface area contributed by atoms with Gasteiger partial charge in [-0.2, -0.15) is 0 Å². The Morgan fingerprint density at radius 2 is 1.37 bits per heavy atom. The van der Waals surface area contributed by atoms with Gasteiger partial charge in [0.1, 0.15) is 0 Å². The Bertz CT molecular complexity index is 830. The average Bonchev–Trinajstić information content (AvgIpc) is 2.77. The summed E-state index contributed by atoms with van der Waals surface area (Å²) in [7, 11) is 1.42. The zero-order valence-corrected chi connectivity index (χ0v) is 18.8. The van der Waals surface area contributed by atoms with Crippen molar-refractivity contribution in [2.24, 2.45) is 0 Å². The molecule has 1 aromatic carbocycles. The molecule has 1 atom stereocenters. The Hall–Kier alpha value is -2.49. The number of rotatable bonds is 11. The lowest BCUT2D eigenvalue weighted by Crippen LogP contribution is -2.24. The van der Waals surface area contributed by atoms with Gasteiger partial charge in [0.05, 0.1) is 7.11 Å². The summed E-state index contributed by atoms with van der Waals surface area (Å²) >= 11 is 0. The summed E-state index contributed by atoms with van der Waals surface area (Å²) in [6, 6.07) is 10.1. The van der Waals surface area contributed by atoms with Gasteiger partial charge in [-0.15, -0.1) is 0 Å². The number of methoxy groups -OCH3 is 1. The number of Topliss-reactive ketones (excluding diaryl/α,β-unsaturated/α-hetero) is 2. The third-order valence-electron chi connectivity index (χ3n) is 6.13. The molecule has 0 aliphatic heterocycles. The number of carbonyl (C=O) groups excluding carboxylic acids is 3. The highest BCUT2D eigenvalue weighted by Gasteiger charge is 2.33. The van der Waals surface area contributed by atoms with Crippen LogP contribution in [0.15, 0.2) is 52.6 Å². The molecular weight excluding hydrogens is 376 g/mol. The number of esters is 1. The van der Waals surface area contributed by atoms with Crippen LogP contribution in [0, 0.1) is 0 Å². The average molecular weight is 411 g/mol. The Labute approximate surface area is 180 Å². The Balaban J connectivity index is 2.00. The van der Waals surface area contributed by atoms with E-state index < -0.39 is 0 Å². The molecule has 0 radical (unpaired) electrons. The first-order valence-corrected chi connectivity index (χ1v) is 11.0. The van der Waals surface area contributed by atoms with Crippen LogP contribution in [-0.2, 0) is 19.1 Å². The molecule has 0 aromatic heterocycles. The summed E-state index contributed by atoms with van der Waals surface area (Å²) < 4.78 is 4.66. The van der Waals surface area contributed by atoms with E-state index in [2.05, 4.69) is 16.9 Å². The molecule has 0 saturated carbocycles. The summed E-state index contributed by atoms with van der Waals surface area (Å²) in [5, 5.41) is 0. The van der Waals surface area contributed by atoms with Gasteiger partial charge in [-0.05, 0) is 39.2 Å². The molecule has 0 bridgehead atoms. The molecule has 0 fully saturated rings. The number of hydrogen-bond donors (Lipinski definition) is 0. The monoisotopic (exact) mass is 410 g/mol. The number of unbranched alkanes of at least 4 members (excludes halogenated alkanes) is 5. The van der Waals surface area contributed by atoms with E-state index in [9.17, 15) is 14.4 Å². The van der Waals surface area contributed by atoms with Crippen molar-refractivity contribution in [2.45, 2.75) is 78.1 Å². The maximum atomic E-state index is 13.1. The van der Waals surface area contributed by atoms with Gasteiger partial charge in [-0.3, -0.25) is 14.4 Å². The molecule has 4 heteroatoms. The molecule has 0 N–H and O–H groups in total. The van der Waals surface area contributed by atoms with Crippen molar-refractivity contribution in [3.8, 4) is 0 Å². The van der Waals surface area contributed by atoms with E-state index in [4.69, 9.17) is 0 Å². The summed E-state index contributed by atoms with van der Waals surface area (Å²) in [6.07, 6.45) is 7.50. The second-order valence-electron chi connectivity index (χ2n) is 8.15. The topological polar surface area (TPSA) is 60.4 Å². The van der Waals surface area contributed by atoms with Gasteiger partial charge in [0.25, 0.3) is 0 Å². The van der Waals surface area contributed by atoms with Gasteiger partial charge < -0.3 is 4.74 Å². The maximum absolute atomic E-state index is 13.1. The first-order chi connectivity index (χ1) is 14.4. The van der Waals surface area contributed by atoms with Crippen LogP contribution in [0.2, 0.25) is 0 Å². The van der Waals surface area contributed by atoms with Gasteiger partial charge in [0, 0.05) is 34.6 Å². The lowest BCUT2D eigenvalue weighted by atomic mass is 9.75. The Kier molecular flexibility index (Phi) is 9.22. The van der Waals surface area contributed by atoms with Crippen LogP contribution in [0.4, 0.5) is 0 Å². The third kappa shape index (κ3) is 6.01. The lowest BCUT2D eigenvalue weighted by Gasteiger charge is -2.26. The highest BCUT2D eigenvalue weighted by atomic mass is 16.5. The molecule has 1 unspecified atom stereocenters. The van der Waals surface area contributed by atoms with Crippen molar-refractivity contribution < 1.29 is 19.1 Å². The Morgan fingerprint density at radius 1 is 0.800 bits per heavy atom. The molecule has 0 saturated heterocycles. The zero-order valence-electron chi connectivity index (χ0n) is 18.8. The molecule has 0 spiro atoms. The molecule has 162 valence electrons. The number of allylic oxidation sites excluding steroid dienone is 4. The standard InChI is InChI=1S/C26H34O4/c1-18-19(2)26(29)24(20(3)25(18)28)22(21-14-10-9-11-15-21)16-12-7-5-6-8-13-17-23(27)30-4/h9-11,14-15,22H,5-8,12-13,16-17H2,1-4H3. The van der Waals surface area contributed by atoms with Crippen molar-refractivity contribution in [1.82, 2.24) is 0 Å². The fourth-order valence-corrected chi connectivity index (χ4v) is 4.13. The lowest BCUT2D eigenvalue weighted by molar-refractivity contribution is -0.140. The molecule has 1 aliphatic carbocycles. The van der Waals surface area contributed by atoms with Crippen molar-refractivity contribution in [2.75, 3.05) is 7.11 Å². The normalized spacial score (nSPS) is 15.6. The largest absolute Gasteiger partial charge is 0.469 e. The fourth-order valence-electron chi connectivity index (χ4n) is 4.13. The molecule has 2 rings (SSSR count). The van der Waals surface area contributed by atoms with Gasteiger partial charge in [0.15, 0.2) is 11.6 Å². The van der Waals surface area contributed by atoms with Crippen LogP contribution in [0.3, 0.4) is 0 Å². The van der Waals surface area contributed by atoms with E-state index in [0.717, 1.165) is 50.5 Å². The van der Waals surface area contributed by atoms with Crippen molar-refractivity contribution in [3.05, 3.63) is 58.2 Å². The van der Waals surface area contributed by atoms with E-state index in [-0.39, 0.29) is 23.5 Å². The summed E-state index contributed by atoms with van der Waals surface area (Å²) in [5.74, 6) is -0.185. The van der Waals surface area contributed by atoms with Crippen LogP contribution in [0.1, 0.15) is 83.6 Å². The minimum atomic E-state index is -0.143. The highest BCUT2D eigenvalue weighted by molar-refractivity contribution is 6.25. The van der Waals surface area contributed by atoms with Crippen molar-refractivity contribution >= 4 is 17.5 Å². The second-order valence-corrected chi connectivity index (χ2v) is 8.15. The maximum Gasteiger partial charge on any atom is 0.305 e. The quantitative estimate of drug-likeness (QED) is 0.260. The summed E-state index contributed by atoms with van der Waals surface area (Å²) in [6.45, 7) is 5.30. The smallest absolute Gasteiger partial charge is 0.305 e. The zero-order chi connectivity index (χ0) is 22.1. The van der Waals surface area contributed by atoms with E-state index in [1.807, 2.05) is 18.2 Å². The van der Waals surface area contributed by atoms with Gasteiger partial charge in [-0.1, -0.05) is 62.4 Å². The predicted octanol–water partition coefficient (Wildman–Crippen LogP) is 5.87. The van der Waals surface area contributed by atoms with Crippen LogP contribution < -0.4 is 0 Å². The molecule has 30 heavy (non-hydrogen) atoms. The predicted molar refractivity (Wildman–Crippen MR) is 119 cm³/mol. The summed E-state index contributed by atoms with van der Waals surface area (Å²) in [4.78, 5) is 36.9. The molecular formula is C26H34O4. The molecule has 0 amide bonds. The first kappa shape index (κ1) is 23.8. The number of carbonyl (C=O) groups is 3. The Morgan fingerprint density at radius 3 is 2.00 bits per heavy atom. The summed E-state index contributed by atoms with van der Waals surface area (Å²) in [5.41, 5.74) is 3.51. The minimum absolute atomic E-state index is 0.00589. The van der Waals surface area contributed by atoms with E-state index >= 15 is 0 Å². The van der Waals surface area contributed by atoms with Crippen LogP contribution in [-0.4, -0.2) is 24.6 Å². The fraction of sp³-hybridized carbons (Fsp3) is 0.500. The SMILES string of the molecule is COC(=O)CCCCCCCCC(C1=C(C)C(=O)C(C)=C(C)C1=O)c1ccccc1. The number of ether oxygens (including phenoxy) is 1.